The molecule has 0 unspecified atom stereocenters. The summed E-state index contributed by atoms with van der Waals surface area (Å²) in [6.07, 6.45) is 1.67. The van der Waals surface area contributed by atoms with Crippen molar-refractivity contribution in [1.29, 1.82) is 0 Å². The number of carboxylic acids is 1. The van der Waals surface area contributed by atoms with Crippen LogP contribution >= 0.6 is 0 Å². The summed E-state index contributed by atoms with van der Waals surface area (Å²) in [5.41, 5.74) is 1.72. The van der Waals surface area contributed by atoms with Crippen molar-refractivity contribution in [1.82, 2.24) is 0 Å². The number of nitrogens with zero attached hydrogens (tertiary/aromatic N) is 1. The normalized spacial score (nSPS) is 10.2. The quantitative estimate of drug-likeness (QED) is 0.805. The first-order valence-corrected chi connectivity index (χ1v) is 5.07. The van der Waals surface area contributed by atoms with Crippen LogP contribution in [0.15, 0.2) is 42.6 Å². The standard InChI is InChI=1S/C13H10FNO2/c1-15-7-6-10(8-12(15)13(16)17)9-2-4-11(14)5-3-9/h2-8H,1H3/p+1. The van der Waals surface area contributed by atoms with Crippen molar-refractivity contribution < 1.29 is 18.9 Å². The summed E-state index contributed by atoms with van der Waals surface area (Å²) in [6, 6.07) is 9.30. The van der Waals surface area contributed by atoms with Crippen LogP contribution in [0.1, 0.15) is 10.5 Å². The van der Waals surface area contributed by atoms with Gasteiger partial charge in [0.2, 0.25) is 0 Å². The second-order valence-electron chi connectivity index (χ2n) is 3.72. The average Bonchev–Trinajstić information content (AvgIpc) is 2.30. The number of carbonyl (C=O) groups is 1. The van der Waals surface area contributed by atoms with Crippen LogP contribution in [0, 0.1) is 5.82 Å². The maximum absolute atomic E-state index is 12.8. The summed E-state index contributed by atoms with van der Waals surface area (Å²) in [7, 11) is 1.66. The molecule has 0 saturated heterocycles. The summed E-state index contributed by atoms with van der Waals surface area (Å²) in [6.45, 7) is 0. The maximum atomic E-state index is 12.8. The zero-order valence-electron chi connectivity index (χ0n) is 9.22. The highest BCUT2D eigenvalue weighted by molar-refractivity contribution is 5.85. The molecule has 0 aliphatic carbocycles. The predicted octanol–water partition coefficient (Wildman–Crippen LogP) is 2.02. The van der Waals surface area contributed by atoms with E-state index in [1.165, 1.54) is 16.7 Å². The van der Waals surface area contributed by atoms with E-state index >= 15 is 0 Å². The summed E-state index contributed by atoms with van der Waals surface area (Å²) in [4.78, 5) is 11.0. The van der Waals surface area contributed by atoms with E-state index in [0.29, 0.717) is 0 Å². The van der Waals surface area contributed by atoms with Gasteiger partial charge in [0.15, 0.2) is 6.20 Å². The van der Waals surface area contributed by atoms with Gasteiger partial charge in [-0.3, -0.25) is 0 Å². The largest absolute Gasteiger partial charge is 0.473 e. The maximum Gasteiger partial charge on any atom is 0.401 e. The molecule has 0 fully saturated rings. The highest BCUT2D eigenvalue weighted by Crippen LogP contribution is 2.19. The van der Waals surface area contributed by atoms with Gasteiger partial charge in [0.1, 0.15) is 12.9 Å². The molecule has 2 aromatic rings. The second-order valence-corrected chi connectivity index (χ2v) is 3.72. The molecule has 17 heavy (non-hydrogen) atoms. The highest BCUT2D eigenvalue weighted by atomic mass is 19.1. The van der Waals surface area contributed by atoms with Crippen LogP contribution in [0.2, 0.25) is 0 Å². The number of aromatic carboxylic acids is 1. The zero-order valence-corrected chi connectivity index (χ0v) is 9.22. The lowest BCUT2D eigenvalue weighted by atomic mass is 10.1. The van der Waals surface area contributed by atoms with Crippen LogP contribution < -0.4 is 4.57 Å². The van der Waals surface area contributed by atoms with Gasteiger partial charge in [-0.15, -0.1) is 0 Å². The first kappa shape index (κ1) is 11.3. The Bertz CT molecular complexity index is 564. The molecule has 86 valence electrons. The van der Waals surface area contributed by atoms with Crippen LogP contribution in [0.25, 0.3) is 11.1 Å². The van der Waals surface area contributed by atoms with Gasteiger partial charge in [0, 0.05) is 12.1 Å². The fraction of sp³-hybridized carbons (Fsp3) is 0.0769. The van der Waals surface area contributed by atoms with Crippen molar-refractivity contribution in [2.24, 2.45) is 7.05 Å². The van der Waals surface area contributed by atoms with Gasteiger partial charge in [-0.05, 0) is 23.3 Å². The van der Waals surface area contributed by atoms with Crippen LogP contribution in [-0.4, -0.2) is 11.1 Å². The summed E-state index contributed by atoms with van der Waals surface area (Å²) >= 11 is 0. The predicted molar refractivity (Wildman–Crippen MR) is 60.0 cm³/mol. The lowest BCUT2D eigenvalue weighted by Crippen LogP contribution is -2.35. The van der Waals surface area contributed by atoms with Gasteiger partial charge in [-0.2, -0.15) is 4.57 Å². The Hall–Kier alpha value is -2.23. The number of benzene rings is 1. The molecule has 0 atom stereocenters. The summed E-state index contributed by atoms with van der Waals surface area (Å²) in [5, 5.41) is 9.00. The molecule has 0 radical (unpaired) electrons. The van der Waals surface area contributed by atoms with Gasteiger partial charge in [-0.25, -0.2) is 9.18 Å². The number of rotatable bonds is 2. The van der Waals surface area contributed by atoms with E-state index < -0.39 is 5.97 Å². The van der Waals surface area contributed by atoms with E-state index in [4.69, 9.17) is 5.11 Å². The molecule has 1 heterocycles. The SMILES string of the molecule is C[n+]1ccc(-c2ccc(F)cc2)cc1C(=O)O. The fourth-order valence-corrected chi connectivity index (χ4v) is 1.60. The third-order valence-corrected chi connectivity index (χ3v) is 2.55. The molecule has 0 aliphatic rings. The first-order chi connectivity index (χ1) is 8.08. The highest BCUT2D eigenvalue weighted by Gasteiger charge is 2.16. The smallest absolute Gasteiger partial charge is 0.401 e. The van der Waals surface area contributed by atoms with Crippen molar-refractivity contribution in [2.45, 2.75) is 0 Å². The topological polar surface area (TPSA) is 41.2 Å². The average molecular weight is 232 g/mol. The van der Waals surface area contributed by atoms with E-state index in [-0.39, 0.29) is 11.5 Å². The van der Waals surface area contributed by atoms with Crippen LogP contribution in [0.3, 0.4) is 0 Å². The third-order valence-electron chi connectivity index (χ3n) is 2.55. The molecular formula is C13H11FNO2+. The number of aromatic nitrogens is 1. The van der Waals surface area contributed by atoms with E-state index in [2.05, 4.69) is 0 Å². The number of halogens is 1. The van der Waals surface area contributed by atoms with Crippen LogP contribution in [0.4, 0.5) is 4.39 Å². The Balaban J connectivity index is 2.50. The van der Waals surface area contributed by atoms with E-state index in [1.54, 1.807) is 37.5 Å². The molecular weight excluding hydrogens is 221 g/mol. The molecule has 0 amide bonds. The Morgan fingerprint density at radius 3 is 2.41 bits per heavy atom. The minimum Gasteiger partial charge on any atom is -0.473 e. The molecule has 3 nitrogen and oxygen atoms in total. The third kappa shape index (κ3) is 2.30. The van der Waals surface area contributed by atoms with Gasteiger partial charge in [0.05, 0.1) is 0 Å². The number of hydrogen-bond donors (Lipinski definition) is 1. The zero-order chi connectivity index (χ0) is 12.4. The molecule has 1 aromatic carbocycles. The van der Waals surface area contributed by atoms with Crippen LogP contribution in [0.5, 0.6) is 0 Å². The lowest BCUT2D eigenvalue weighted by molar-refractivity contribution is -0.673. The fourth-order valence-electron chi connectivity index (χ4n) is 1.60. The van der Waals surface area contributed by atoms with E-state index in [1.807, 2.05) is 0 Å². The summed E-state index contributed by atoms with van der Waals surface area (Å²) < 4.78 is 14.3. The molecule has 4 heteroatoms. The Morgan fingerprint density at radius 2 is 1.82 bits per heavy atom. The Labute approximate surface area is 97.8 Å². The Kier molecular flexibility index (Phi) is 2.87. The number of hydrogen-bond acceptors (Lipinski definition) is 1. The van der Waals surface area contributed by atoms with E-state index in [0.717, 1.165) is 11.1 Å². The van der Waals surface area contributed by atoms with Crippen LogP contribution in [-0.2, 0) is 7.05 Å². The van der Waals surface area contributed by atoms with Crippen molar-refractivity contribution in [3.05, 3.63) is 54.1 Å². The first-order valence-electron chi connectivity index (χ1n) is 5.07. The minimum atomic E-state index is -0.989. The molecule has 0 spiro atoms. The van der Waals surface area contributed by atoms with Gasteiger partial charge in [0.25, 0.3) is 5.69 Å². The van der Waals surface area contributed by atoms with Crippen molar-refractivity contribution in [3.63, 3.8) is 0 Å². The molecule has 0 aliphatic heterocycles. The van der Waals surface area contributed by atoms with Gasteiger partial charge in [-0.1, -0.05) is 12.1 Å². The molecule has 2 rings (SSSR count). The molecule has 0 bridgehead atoms. The number of carboxylic acid groups (broad SMARTS) is 1. The molecule has 1 aromatic heterocycles. The lowest BCUT2D eigenvalue weighted by Gasteiger charge is -2.01. The molecule has 1 N–H and O–H groups in total. The van der Waals surface area contributed by atoms with Gasteiger partial charge < -0.3 is 5.11 Å². The second kappa shape index (κ2) is 4.33. The Morgan fingerprint density at radius 1 is 1.18 bits per heavy atom. The number of pyridine rings is 1. The molecule has 0 saturated carbocycles. The monoisotopic (exact) mass is 232 g/mol. The van der Waals surface area contributed by atoms with Crippen molar-refractivity contribution in [3.8, 4) is 11.1 Å². The van der Waals surface area contributed by atoms with Crippen molar-refractivity contribution >= 4 is 5.97 Å². The van der Waals surface area contributed by atoms with Crippen molar-refractivity contribution in [2.75, 3.05) is 0 Å². The minimum absolute atomic E-state index is 0.187. The number of aryl methyl sites for hydroxylation is 1. The van der Waals surface area contributed by atoms with Gasteiger partial charge >= 0.3 is 5.97 Å². The van der Waals surface area contributed by atoms with E-state index in [9.17, 15) is 9.18 Å². The summed E-state index contributed by atoms with van der Waals surface area (Å²) in [5.74, 6) is -1.30.